The minimum absolute atomic E-state index is 0.0596. The van der Waals surface area contributed by atoms with E-state index in [1.54, 1.807) is 6.92 Å². The topological polar surface area (TPSA) is 43.9 Å². The third-order valence-electron chi connectivity index (χ3n) is 4.65. The van der Waals surface area contributed by atoms with Crippen molar-refractivity contribution in [2.45, 2.75) is 26.3 Å². The summed E-state index contributed by atoms with van der Waals surface area (Å²) in [5.41, 5.74) is 1.14. The van der Waals surface area contributed by atoms with Crippen molar-refractivity contribution in [1.82, 2.24) is 14.7 Å². The molecule has 1 aromatic carbocycles. The molecule has 5 nitrogen and oxygen atoms in total. The Morgan fingerprint density at radius 1 is 1.13 bits per heavy atom. The number of hydrogen-bond acceptors (Lipinski definition) is 3. The smallest absolute Gasteiger partial charge is 0.236 e. The molecule has 23 heavy (non-hydrogen) atoms. The number of carbonyl (C=O) groups is 2. The molecule has 2 amide bonds. The fraction of sp³-hybridized carbons (Fsp3) is 0.556. The summed E-state index contributed by atoms with van der Waals surface area (Å²) < 4.78 is 0. The molecule has 0 bridgehead atoms. The molecule has 1 saturated heterocycles. The van der Waals surface area contributed by atoms with Crippen molar-refractivity contribution in [3.8, 4) is 0 Å². The van der Waals surface area contributed by atoms with Gasteiger partial charge >= 0.3 is 0 Å². The Morgan fingerprint density at radius 2 is 1.83 bits per heavy atom. The maximum Gasteiger partial charge on any atom is 0.236 e. The number of likely N-dealkylation sites (N-methyl/N-ethyl adjacent to an activating group) is 1. The minimum Gasteiger partial charge on any atom is -0.342 e. The van der Waals surface area contributed by atoms with Gasteiger partial charge in [0.15, 0.2) is 0 Å². The maximum atomic E-state index is 12.6. The highest BCUT2D eigenvalue weighted by Gasteiger charge is 2.22. The second kappa shape index (κ2) is 8.11. The molecule has 1 fully saturated rings. The van der Waals surface area contributed by atoms with E-state index in [2.05, 4.69) is 4.90 Å². The lowest BCUT2D eigenvalue weighted by Gasteiger charge is -2.28. The summed E-state index contributed by atoms with van der Waals surface area (Å²) in [7, 11) is 1.86. The molecule has 0 spiro atoms. The molecular formula is C18H27N3O2. The van der Waals surface area contributed by atoms with E-state index in [0.29, 0.717) is 13.1 Å². The van der Waals surface area contributed by atoms with E-state index >= 15 is 0 Å². The van der Waals surface area contributed by atoms with Crippen molar-refractivity contribution < 1.29 is 9.59 Å². The van der Waals surface area contributed by atoms with Crippen LogP contribution in [0, 0.1) is 0 Å². The molecule has 0 saturated carbocycles. The second-order valence-electron chi connectivity index (χ2n) is 6.23. The van der Waals surface area contributed by atoms with Crippen LogP contribution in [0.15, 0.2) is 30.3 Å². The Hall–Kier alpha value is -1.88. The first-order chi connectivity index (χ1) is 11.0. The first-order valence-corrected chi connectivity index (χ1v) is 8.27. The molecule has 126 valence electrons. The van der Waals surface area contributed by atoms with Crippen molar-refractivity contribution >= 4 is 11.8 Å². The lowest BCUT2D eigenvalue weighted by molar-refractivity contribution is -0.133. The summed E-state index contributed by atoms with van der Waals surface area (Å²) in [5, 5.41) is 0. The molecule has 0 aromatic heterocycles. The molecule has 2 rings (SSSR count). The Bertz CT molecular complexity index is 532. The van der Waals surface area contributed by atoms with Gasteiger partial charge < -0.3 is 9.80 Å². The highest BCUT2D eigenvalue weighted by Crippen LogP contribution is 2.18. The van der Waals surface area contributed by atoms with E-state index in [1.165, 1.54) is 0 Å². The summed E-state index contributed by atoms with van der Waals surface area (Å²) in [6.45, 7) is 7.20. The molecule has 1 aromatic rings. The Labute approximate surface area is 138 Å². The van der Waals surface area contributed by atoms with Gasteiger partial charge in [-0.25, -0.2) is 0 Å². The van der Waals surface area contributed by atoms with E-state index in [0.717, 1.165) is 31.6 Å². The number of rotatable bonds is 4. The summed E-state index contributed by atoms with van der Waals surface area (Å²) in [6, 6.07) is 10.1. The van der Waals surface area contributed by atoms with Gasteiger partial charge in [0, 0.05) is 40.2 Å². The molecule has 0 radical (unpaired) electrons. The zero-order chi connectivity index (χ0) is 16.8. The molecule has 1 heterocycles. The van der Waals surface area contributed by atoms with Gasteiger partial charge in [0.1, 0.15) is 0 Å². The van der Waals surface area contributed by atoms with Crippen LogP contribution in [0.1, 0.15) is 31.9 Å². The van der Waals surface area contributed by atoms with Gasteiger partial charge in [0.2, 0.25) is 11.8 Å². The van der Waals surface area contributed by atoms with Crippen molar-refractivity contribution in [2.24, 2.45) is 0 Å². The summed E-state index contributed by atoms with van der Waals surface area (Å²) in [5.74, 6) is 0.241. The molecule has 1 aliphatic heterocycles. The maximum absolute atomic E-state index is 12.6. The van der Waals surface area contributed by atoms with Crippen LogP contribution in [-0.2, 0) is 9.59 Å². The first-order valence-electron chi connectivity index (χ1n) is 8.27. The minimum atomic E-state index is 0.0596. The third kappa shape index (κ3) is 4.79. The van der Waals surface area contributed by atoms with Gasteiger partial charge in [0.25, 0.3) is 0 Å². The number of hydrogen-bond donors (Lipinski definition) is 0. The van der Waals surface area contributed by atoms with Crippen LogP contribution >= 0.6 is 0 Å². The number of amides is 2. The quantitative estimate of drug-likeness (QED) is 0.850. The van der Waals surface area contributed by atoms with E-state index in [9.17, 15) is 9.59 Å². The number of benzene rings is 1. The Morgan fingerprint density at radius 3 is 2.48 bits per heavy atom. The van der Waals surface area contributed by atoms with Crippen LogP contribution in [0.25, 0.3) is 0 Å². The van der Waals surface area contributed by atoms with Crippen LogP contribution in [0.2, 0.25) is 0 Å². The zero-order valence-electron chi connectivity index (χ0n) is 14.4. The van der Waals surface area contributed by atoms with Gasteiger partial charge in [-0.05, 0) is 18.9 Å². The zero-order valence-corrected chi connectivity index (χ0v) is 14.4. The number of carbonyl (C=O) groups excluding carboxylic acids is 2. The van der Waals surface area contributed by atoms with E-state index in [-0.39, 0.29) is 17.9 Å². The molecule has 0 aliphatic carbocycles. The van der Waals surface area contributed by atoms with Crippen molar-refractivity contribution in [3.63, 3.8) is 0 Å². The second-order valence-corrected chi connectivity index (χ2v) is 6.23. The highest BCUT2D eigenvalue weighted by atomic mass is 16.2. The SMILES string of the molecule is CC(=O)N1CCCN(CC(=O)N(C)C(C)c2ccccc2)CC1. The van der Waals surface area contributed by atoms with E-state index < -0.39 is 0 Å². The largest absolute Gasteiger partial charge is 0.342 e. The van der Waals surface area contributed by atoms with Crippen LogP contribution in [0.3, 0.4) is 0 Å². The fourth-order valence-corrected chi connectivity index (χ4v) is 2.92. The fourth-order valence-electron chi connectivity index (χ4n) is 2.92. The molecule has 1 unspecified atom stereocenters. The Kier molecular flexibility index (Phi) is 6.16. The van der Waals surface area contributed by atoms with Crippen LogP contribution < -0.4 is 0 Å². The Balaban J connectivity index is 1.89. The van der Waals surface area contributed by atoms with Crippen LogP contribution in [-0.4, -0.2) is 66.3 Å². The normalized spacial score (nSPS) is 17.4. The lowest BCUT2D eigenvalue weighted by Crippen LogP contribution is -2.41. The standard InChI is InChI=1S/C18H27N3O2/c1-15(17-8-5-4-6-9-17)19(3)18(23)14-20-10-7-11-21(13-12-20)16(2)22/h4-6,8-9,15H,7,10-14H2,1-3H3. The molecule has 1 atom stereocenters. The summed E-state index contributed by atoms with van der Waals surface area (Å²) in [6.07, 6.45) is 0.921. The highest BCUT2D eigenvalue weighted by molar-refractivity contribution is 5.78. The van der Waals surface area contributed by atoms with Crippen molar-refractivity contribution in [3.05, 3.63) is 35.9 Å². The van der Waals surface area contributed by atoms with Crippen molar-refractivity contribution in [1.29, 1.82) is 0 Å². The lowest BCUT2D eigenvalue weighted by atomic mass is 10.1. The van der Waals surface area contributed by atoms with Crippen molar-refractivity contribution in [2.75, 3.05) is 39.8 Å². The van der Waals surface area contributed by atoms with Gasteiger partial charge in [-0.1, -0.05) is 30.3 Å². The van der Waals surface area contributed by atoms with Gasteiger partial charge in [-0.3, -0.25) is 14.5 Å². The summed E-state index contributed by atoms with van der Waals surface area (Å²) >= 11 is 0. The average Bonchev–Trinajstić information content (AvgIpc) is 2.80. The summed E-state index contributed by atoms with van der Waals surface area (Å²) in [4.78, 5) is 29.8. The number of nitrogens with zero attached hydrogens (tertiary/aromatic N) is 3. The predicted molar refractivity (Wildman–Crippen MR) is 90.9 cm³/mol. The monoisotopic (exact) mass is 317 g/mol. The van der Waals surface area contributed by atoms with E-state index in [1.807, 2.05) is 54.1 Å². The van der Waals surface area contributed by atoms with Gasteiger partial charge in [0.05, 0.1) is 12.6 Å². The predicted octanol–water partition coefficient (Wildman–Crippen LogP) is 1.76. The average molecular weight is 317 g/mol. The molecular weight excluding hydrogens is 290 g/mol. The van der Waals surface area contributed by atoms with Gasteiger partial charge in [-0.2, -0.15) is 0 Å². The third-order valence-corrected chi connectivity index (χ3v) is 4.65. The molecule has 1 aliphatic rings. The van der Waals surface area contributed by atoms with Gasteiger partial charge in [-0.15, -0.1) is 0 Å². The molecule has 5 heteroatoms. The first kappa shape index (κ1) is 17.5. The molecule has 0 N–H and O–H groups in total. The van der Waals surface area contributed by atoms with Crippen LogP contribution in [0.4, 0.5) is 0 Å². The van der Waals surface area contributed by atoms with Crippen LogP contribution in [0.5, 0.6) is 0 Å². The van der Waals surface area contributed by atoms with E-state index in [4.69, 9.17) is 0 Å².